The van der Waals surface area contributed by atoms with Gasteiger partial charge in [-0.2, -0.15) is 5.10 Å². The fourth-order valence-electron chi connectivity index (χ4n) is 5.23. The molecule has 1 saturated carbocycles. The lowest BCUT2D eigenvalue weighted by atomic mass is 9.82. The third-order valence-corrected chi connectivity index (χ3v) is 7.21. The Balaban J connectivity index is 1.45. The summed E-state index contributed by atoms with van der Waals surface area (Å²) in [7, 11) is 4.15. The summed E-state index contributed by atoms with van der Waals surface area (Å²) in [5, 5.41) is 10.8. The second kappa shape index (κ2) is 12.6. The number of H-pyrrole nitrogens is 1. The molecule has 1 aliphatic heterocycles. The fraction of sp³-hybridized carbons (Fsp3) is 0.833. The van der Waals surface area contributed by atoms with E-state index in [0.29, 0.717) is 30.2 Å². The van der Waals surface area contributed by atoms with E-state index in [2.05, 4.69) is 39.3 Å². The summed E-state index contributed by atoms with van der Waals surface area (Å²) in [4.78, 5) is 17.5. The average Bonchev–Trinajstić information content (AvgIpc) is 3.21. The molecule has 176 valence electrons. The Labute approximate surface area is 188 Å². The Bertz CT molecular complexity index is 650. The first-order valence-corrected chi connectivity index (χ1v) is 12.3. The van der Waals surface area contributed by atoms with Crippen molar-refractivity contribution in [2.75, 3.05) is 46.9 Å². The van der Waals surface area contributed by atoms with Crippen molar-refractivity contribution < 1.29 is 9.53 Å². The summed E-state index contributed by atoms with van der Waals surface area (Å²) < 4.78 is 5.45. The van der Waals surface area contributed by atoms with Crippen LogP contribution in [-0.4, -0.2) is 78.9 Å². The predicted octanol–water partition coefficient (Wildman–Crippen LogP) is 2.83. The summed E-state index contributed by atoms with van der Waals surface area (Å²) in [6.07, 6.45) is 10.5. The smallest absolute Gasteiger partial charge is 0.223 e. The van der Waals surface area contributed by atoms with E-state index in [4.69, 9.17) is 4.74 Å². The molecular formula is C24H43N5O2. The van der Waals surface area contributed by atoms with Gasteiger partial charge in [0.1, 0.15) is 0 Å². The molecule has 0 radical (unpaired) electrons. The van der Waals surface area contributed by atoms with E-state index < -0.39 is 0 Å². The average molecular weight is 434 g/mol. The number of hydrogen-bond donors (Lipinski definition) is 2. The minimum Gasteiger partial charge on any atom is -0.381 e. The standard InChI is InChI=1S/C24H43N5O2/c1-4-29(24(30)16-20-9-13-31-14-10-20)22-7-5-19(6-8-22)15-23-21(17-26-27-23)18-28(3)12-11-25-2/h17,19-20,22,25H,4-16,18H2,1-3H3,(H,26,27). The van der Waals surface area contributed by atoms with Crippen LogP contribution < -0.4 is 5.32 Å². The van der Waals surface area contributed by atoms with Crippen LogP contribution in [0.3, 0.4) is 0 Å². The van der Waals surface area contributed by atoms with Gasteiger partial charge in [-0.05, 0) is 77.8 Å². The second-order valence-electron chi connectivity index (χ2n) is 9.53. The molecule has 1 aliphatic carbocycles. The summed E-state index contributed by atoms with van der Waals surface area (Å²) in [6.45, 7) is 7.56. The molecule has 0 aromatic carbocycles. The van der Waals surface area contributed by atoms with E-state index in [1.165, 1.54) is 24.1 Å². The molecule has 0 bridgehead atoms. The first-order chi connectivity index (χ1) is 15.1. The number of amides is 1. The summed E-state index contributed by atoms with van der Waals surface area (Å²) in [5.74, 6) is 1.55. The molecule has 1 aromatic heterocycles. The van der Waals surface area contributed by atoms with E-state index in [1.807, 2.05) is 13.2 Å². The number of nitrogens with one attached hydrogen (secondary N) is 2. The summed E-state index contributed by atoms with van der Waals surface area (Å²) in [6, 6.07) is 0.419. The minimum absolute atomic E-state index is 0.360. The maximum Gasteiger partial charge on any atom is 0.223 e. The Kier molecular flexibility index (Phi) is 9.81. The monoisotopic (exact) mass is 433 g/mol. The van der Waals surface area contributed by atoms with Crippen LogP contribution in [0, 0.1) is 11.8 Å². The highest BCUT2D eigenvalue weighted by molar-refractivity contribution is 5.76. The first-order valence-electron chi connectivity index (χ1n) is 12.3. The van der Waals surface area contributed by atoms with Crippen LogP contribution in [0.1, 0.15) is 63.1 Å². The number of rotatable bonds is 11. The largest absolute Gasteiger partial charge is 0.381 e. The molecule has 7 heteroatoms. The van der Waals surface area contributed by atoms with Gasteiger partial charge < -0.3 is 19.9 Å². The highest BCUT2D eigenvalue weighted by Gasteiger charge is 2.30. The highest BCUT2D eigenvalue weighted by Crippen LogP contribution is 2.31. The molecule has 7 nitrogen and oxygen atoms in total. The van der Waals surface area contributed by atoms with Gasteiger partial charge in [0, 0.05) is 63.1 Å². The Morgan fingerprint density at radius 1 is 1.19 bits per heavy atom. The number of likely N-dealkylation sites (N-methyl/N-ethyl adjacent to an activating group) is 2. The minimum atomic E-state index is 0.360. The van der Waals surface area contributed by atoms with Gasteiger partial charge in [0.2, 0.25) is 5.91 Å². The molecule has 2 N–H and O–H groups in total. The van der Waals surface area contributed by atoms with Gasteiger partial charge >= 0.3 is 0 Å². The quantitative estimate of drug-likeness (QED) is 0.561. The molecule has 2 heterocycles. The Hall–Kier alpha value is -1.44. The van der Waals surface area contributed by atoms with Gasteiger partial charge in [0.15, 0.2) is 0 Å². The number of hydrogen-bond acceptors (Lipinski definition) is 5. The molecule has 0 unspecified atom stereocenters. The summed E-state index contributed by atoms with van der Waals surface area (Å²) >= 11 is 0. The molecule has 2 fully saturated rings. The third-order valence-electron chi connectivity index (χ3n) is 7.21. The number of carbonyl (C=O) groups is 1. The molecule has 1 saturated heterocycles. The molecule has 0 atom stereocenters. The van der Waals surface area contributed by atoms with Crippen LogP contribution in [0.2, 0.25) is 0 Å². The zero-order chi connectivity index (χ0) is 22.1. The maximum absolute atomic E-state index is 13.0. The van der Waals surface area contributed by atoms with Crippen molar-refractivity contribution >= 4 is 5.91 Å². The lowest BCUT2D eigenvalue weighted by molar-refractivity contribution is -0.135. The topological polar surface area (TPSA) is 73.5 Å². The van der Waals surface area contributed by atoms with E-state index in [1.54, 1.807) is 0 Å². The number of carbonyl (C=O) groups excluding carboxylic acids is 1. The molecule has 3 rings (SSSR count). The van der Waals surface area contributed by atoms with Crippen molar-refractivity contribution in [2.45, 2.75) is 70.9 Å². The number of aromatic amines is 1. The van der Waals surface area contributed by atoms with E-state index in [9.17, 15) is 4.79 Å². The van der Waals surface area contributed by atoms with Crippen molar-refractivity contribution in [2.24, 2.45) is 11.8 Å². The van der Waals surface area contributed by atoms with Gasteiger partial charge in [0.05, 0.1) is 6.20 Å². The Morgan fingerprint density at radius 3 is 2.61 bits per heavy atom. The highest BCUT2D eigenvalue weighted by atomic mass is 16.5. The van der Waals surface area contributed by atoms with E-state index in [0.717, 1.165) is 71.5 Å². The second-order valence-corrected chi connectivity index (χ2v) is 9.53. The molecule has 0 spiro atoms. The lowest BCUT2D eigenvalue weighted by Crippen LogP contribution is -2.43. The number of ether oxygens (including phenoxy) is 1. The summed E-state index contributed by atoms with van der Waals surface area (Å²) in [5.41, 5.74) is 2.62. The van der Waals surface area contributed by atoms with Crippen LogP contribution in [0.25, 0.3) is 0 Å². The molecular weight excluding hydrogens is 390 g/mol. The van der Waals surface area contributed by atoms with Crippen LogP contribution in [0.15, 0.2) is 6.20 Å². The van der Waals surface area contributed by atoms with Crippen LogP contribution in [0.5, 0.6) is 0 Å². The zero-order valence-corrected chi connectivity index (χ0v) is 19.9. The SMILES string of the molecule is CCN(C(=O)CC1CCOCC1)C1CCC(Cc2[nH]ncc2CN(C)CCNC)CC1. The van der Waals surface area contributed by atoms with Crippen LogP contribution >= 0.6 is 0 Å². The van der Waals surface area contributed by atoms with Gasteiger partial charge in [-0.1, -0.05) is 0 Å². The predicted molar refractivity (Wildman–Crippen MR) is 124 cm³/mol. The molecule has 1 aromatic rings. The molecule has 2 aliphatic rings. The van der Waals surface area contributed by atoms with Crippen molar-refractivity contribution in [1.29, 1.82) is 0 Å². The van der Waals surface area contributed by atoms with Crippen LogP contribution in [-0.2, 0) is 22.5 Å². The van der Waals surface area contributed by atoms with E-state index in [-0.39, 0.29) is 0 Å². The maximum atomic E-state index is 13.0. The van der Waals surface area contributed by atoms with E-state index >= 15 is 0 Å². The fourth-order valence-corrected chi connectivity index (χ4v) is 5.23. The van der Waals surface area contributed by atoms with Crippen molar-refractivity contribution in [3.05, 3.63) is 17.5 Å². The molecule has 31 heavy (non-hydrogen) atoms. The zero-order valence-electron chi connectivity index (χ0n) is 19.9. The van der Waals surface area contributed by atoms with Crippen molar-refractivity contribution in [3.63, 3.8) is 0 Å². The first kappa shape index (κ1) is 24.2. The molecule has 1 amide bonds. The van der Waals surface area contributed by atoms with Crippen molar-refractivity contribution in [1.82, 2.24) is 25.3 Å². The van der Waals surface area contributed by atoms with Crippen molar-refractivity contribution in [3.8, 4) is 0 Å². The lowest BCUT2D eigenvalue weighted by Gasteiger charge is -2.37. The van der Waals surface area contributed by atoms with Gasteiger partial charge in [0.25, 0.3) is 0 Å². The Morgan fingerprint density at radius 2 is 1.94 bits per heavy atom. The van der Waals surface area contributed by atoms with Gasteiger partial charge in [-0.15, -0.1) is 0 Å². The third kappa shape index (κ3) is 7.29. The number of aromatic nitrogens is 2. The van der Waals surface area contributed by atoms with Crippen LogP contribution in [0.4, 0.5) is 0 Å². The normalized spacial score (nSPS) is 22.7. The van der Waals surface area contributed by atoms with Gasteiger partial charge in [-0.3, -0.25) is 9.89 Å². The van der Waals surface area contributed by atoms with Gasteiger partial charge in [-0.25, -0.2) is 0 Å². The number of nitrogens with zero attached hydrogens (tertiary/aromatic N) is 3.